The Morgan fingerprint density at radius 1 is 1.38 bits per heavy atom. The van der Waals surface area contributed by atoms with E-state index < -0.39 is 5.97 Å². The molecule has 0 rings (SSSR count). The van der Waals surface area contributed by atoms with Crippen LogP contribution in [0.15, 0.2) is 0 Å². The highest BCUT2D eigenvalue weighted by molar-refractivity contribution is 5.75. The predicted molar refractivity (Wildman–Crippen MR) is 59.4 cm³/mol. The predicted octanol–water partition coefficient (Wildman–Crippen LogP) is 0.575. The number of urea groups is 1. The number of hydrogen-bond acceptors (Lipinski definition) is 3. The van der Waals surface area contributed by atoms with E-state index in [1.165, 1.54) is 0 Å². The summed E-state index contributed by atoms with van der Waals surface area (Å²) in [6, 6.07) is -0.683. The molecule has 0 heterocycles. The number of nitrogens with one attached hydrogen (secondary N) is 2. The zero-order valence-corrected chi connectivity index (χ0v) is 9.78. The number of rotatable bonds is 8. The second-order valence-corrected chi connectivity index (χ2v) is 3.30. The lowest BCUT2D eigenvalue weighted by Crippen LogP contribution is -2.43. The van der Waals surface area contributed by atoms with Crippen molar-refractivity contribution < 1.29 is 19.4 Å². The third-order valence-electron chi connectivity index (χ3n) is 1.99. The molecule has 94 valence electrons. The lowest BCUT2D eigenvalue weighted by atomic mass is 10.1. The number of hydrogen-bond donors (Lipinski definition) is 3. The molecule has 0 bridgehead atoms. The number of aliphatic carboxylic acids is 1. The maximum absolute atomic E-state index is 11.3. The van der Waals surface area contributed by atoms with Gasteiger partial charge in [0.05, 0.1) is 13.0 Å². The summed E-state index contributed by atoms with van der Waals surface area (Å²) < 4.78 is 5.04. The van der Waals surface area contributed by atoms with Crippen LogP contribution >= 0.6 is 0 Å². The van der Waals surface area contributed by atoms with Gasteiger partial charge in [-0.25, -0.2) is 4.79 Å². The zero-order chi connectivity index (χ0) is 12.4. The van der Waals surface area contributed by atoms with E-state index in [1.54, 1.807) is 0 Å². The molecule has 0 aliphatic rings. The van der Waals surface area contributed by atoms with Crippen molar-refractivity contribution in [2.24, 2.45) is 0 Å². The molecule has 6 nitrogen and oxygen atoms in total. The highest BCUT2D eigenvalue weighted by Crippen LogP contribution is 1.96. The largest absolute Gasteiger partial charge is 0.481 e. The van der Waals surface area contributed by atoms with Crippen LogP contribution < -0.4 is 10.6 Å². The van der Waals surface area contributed by atoms with Crippen molar-refractivity contribution in [1.29, 1.82) is 0 Å². The monoisotopic (exact) mass is 232 g/mol. The molecule has 0 fully saturated rings. The van der Waals surface area contributed by atoms with Crippen molar-refractivity contribution in [2.75, 3.05) is 19.8 Å². The van der Waals surface area contributed by atoms with Crippen LogP contribution in [0.5, 0.6) is 0 Å². The molecule has 2 amide bonds. The van der Waals surface area contributed by atoms with Crippen LogP contribution in [0, 0.1) is 0 Å². The second-order valence-electron chi connectivity index (χ2n) is 3.30. The van der Waals surface area contributed by atoms with Crippen molar-refractivity contribution in [2.45, 2.75) is 32.7 Å². The summed E-state index contributed by atoms with van der Waals surface area (Å²) in [5, 5.41) is 13.8. The van der Waals surface area contributed by atoms with Gasteiger partial charge in [-0.05, 0) is 13.3 Å². The van der Waals surface area contributed by atoms with Gasteiger partial charge in [0.25, 0.3) is 0 Å². The van der Waals surface area contributed by atoms with Gasteiger partial charge in [-0.1, -0.05) is 6.92 Å². The lowest BCUT2D eigenvalue weighted by Gasteiger charge is -2.15. The minimum absolute atomic E-state index is 0.0601. The fourth-order valence-electron chi connectivity index (χ4n) is 1.13. The first-order chi connectivity index (χ1) is 7.60. The van der Waals surface area contributed by atoms with Crippen molar-refractivity contribution in [3.8, 4) is 0 Å². The third kappa shape index (κ3) is 8.05. The number of carboxylic acid groups (broad SMARTS) is 1. The maximum Gasteiger partial charge on any atom is 0.315 e. The Hall–Kier alpha value is -1.30. The maximum atomic E-state index is 11.3. The van der Waals surface area contributed by atoms with Crippen LogP contribution in [-0.4, -0.2) is 42.9 Å². The van der Waals surface area contributed by atoms with Crippen LogP contribution in [0.25, 0.3) is 0 Å². The molecule has 0 aromatic rings. The van der Waals surface area contributed by atoms with Gasteiger partial charge in [0, 0.05) is 19.2 Å². The van der Waals surface area contributed by atoms with Crippen LogP contribution in [0.4, 0.5) is 4.79 Å². The van der Waals surface area contributed by atoms with Crippen molar-refractivity contribution in [3.05, 3.63) is 0 Å². The quantitative estimate of drug-likeness (QED) is 0.534. The van der Waals surface area contributed by atoms with Crippen LogP contribution in [0.3, 0.4) is 0 Å². The van der Waals surface area contributed by atoms with Gasteiger partial charge in [-0.2, -0.15) is 0 Å². The van der Waals surface area contributed by atoms with Gasteiger partial charge in [-0.15, -0.1) is 0 Å². The number of ether oxygens (including phenoxy) is 1. The Kier molecular flexibility index (Phi) is 8.24. The Morgan fingerprint density at radius 3 is 2.56 bits per heavy atom. The number of carbonyl (C=O) groups excluding carboxylic acids is 1. The third-order valence-corrected chi connectivity index (χ3v) is 1.99. The highest BCUT2D eigenvalue weighted by Gasteiger charge is 2.13. The van der Waals surface area contributed by atoms with E-state index in [-0.39, 0.29) is 18.5 Å². The summed E-state index contributed by atoms with van der Waals surface area (Å²) in [5.74, 6) is -0.915. The number of carboxylic acids is 1. The molecular formula is C10H20N2O4. The first-order valence-electron chi connectivity index (χ1n) is 5.44. The van der Waals surface area contributed by atoms with Gasteiger partial charge in [-0.3, -0.25) is 4.79 Å². The van der Waals surface area contributed by atoms with Gasteiger partial charge < -0.3 is 20.5 Å². The standard InChI is InChI=1S/C10H20N2O4/c1-3-8(7-9(13)14)12-10(15)11-5-6-16-4-2/h8H,3-7H2,1-2H3,(H,13,14)(H2,11,12,15). The van der Waals surface area contributed by atoms with Gasteiger partial charge >= 0.3 is 12.0 Å². The molecule has 0 aromatic carbocycles. The Balaban J connectivity index is 3.70. The smallest absolute Gasteiger partial charge is 0.315 e. The van der Waals surface area contributed by atoms with Crippen molar-refractivity contribution in [1.82, 2.24) is 10.6 Å². The van der Waals surface area contributed by atoms with E-state index in [4.69, 9.17) is 9.84 Å². The minimum Gasteiger partial charge on any atom is -0.481 e. The van der Waals surface area contributed by atoms with E-state index in [0.29, 0.717) is 26.2 Å². The van der Waals surface area contributed by atoms with E-state index in [0.717, 1.165) is 0 Å². The SMILES string of the molecule is CCOCCNC(=O)NC(CC)CC(=O)O. The van der Waals surface area contributed by atoms with Gasteiger partial charge in [0.1, 0.15) is 0 Å². The Bertz CT molecular complexity index is 221. The van der Waals surface area contributed by atoms with E-state index in [1.807, 2.05) is 13.8 Å². The lowest BCUT2D eigenvalue weighted by molar-refractivity contribution is -0.137. The first-order valence-corrected chi connectivity index (χ1v) is 5.44. The first kappa shape index (κ1) is 14.7. The molecule has 16 heavy (non-hydrogen) atoms. The van der Waals surface area contributed by atoms with Gasteiger partial charge in [0.2, 0.25) is 0 Å². The average Bonchev–Trinajstić information content (AvgIpc) is 2.23. The van der Waals surface area contributed by atoms with Gasteiger partial charge in [0.15, 0.2) is 0 Å². The van der Waals surface area contributed by atoms with Crippen LogP contribution in [0.1, 0.15) is 26.7 Å². The minimum atomic E-state index is -0.915. The van der Waals surface area contributed by atoms with E-state index in [9.17, 15) is 9.59 Å². The number of amides is 2. The summed E-state index contributed by atoms with van der Waals surface area (Å²) in [6.45, 7) is 5.19. The molecular weight excluding hydrogens is 212 g/mol. The van der Waals surface area contributed by atoms with Crippen LogP contribution in [-0.2, 0) is 9.53 Å². The second kappa shape index (κ2) is 8.96. The zero-order valence-electron chi connectivity index (χ0n) is 9.78. The summed E-state index contributed by atoms with van der Waals surface area (Å²) in [6.07, 6.45) is 0.528. The number of carbonyl (C=O) groups is 2. The van der Waals surface area contributed by atoms with Crippen molar-refractivity contribution >= 4 is 12.0 Å². The summed E-state index contributed by atoms with van der Waals surface area (Å²) in [5.41, 5.74) is 0. The summed E-state index contributed by atoms with van der Waals surface area (Å²) in [4.78, 5) is 21.7. The molecule has 3 N–H and O–H groups in total. The van der Waals surface area contributed by atoms with E-state index >= 15 is 0 Å². The molecule has 0 aliphatic heterocycles. The molecule has 6 heteroatoms. The Labute approximate surface area is 95.4 Å². The molecule has 0 spiro atoms. The molecule has 0 aromatic heterocycles. The molecule has 1 atom stereocenters. The fraction of sp³-hybridized carbons (Fsp3) is 0.800. The highest BCUT2D eigenvalue weighted by atomic mass is 16.5. The summed E-state index contributed by atoms with van der Waals surface area (Å²) in [7, 11) is 0. The Morgan fingerprint density at radius 2 is 2.06 bits per heavy atom. The molecule has 0 aliphatic carbocycles. The summed E-state index contributed by atoms with van der Waals surface area (Å²) >= 11 is 0. The van der Waals surface area contributed by atoms with Crippen molar-refractivity contribution in [3.63, 3.8) is 0 Å². The molecule has 1 unspecified atom stereocenters. The normalized spacial score (nSPS) is 11.9. The fourth-order valence-corrected chi connectivity index (χ4v) is 1.13. The average molecular weight is 232 g/mol. The van der Waals surface area contributed by atoms with Crippen LogP contribution in [0.2, 0.25) is 0 Å². The molecule has 0 radical (unpaired) electrons. The topological polar surface area (TPSA) is 87.7 Å². The molecule has 0 saturated carbocycles. The molecule has 0 saturated heterocycles. The van der Waals surface area contributed by atoms with E-state index in [2.05, 4.69) is 10.6 Å².